The van der Waals surface area contributed by atoms with Crippen LogP contribution >= 0.6 is 0 Å². The van der Waals surface area contributed by atoms with Gasteiger partial charge in [-0.3, -0.25) is 9.35 Å². The molecule has 0 aromatic rings. The third kappa shape index (κ3) is 22.8. The summed E-state index contributed by atoms with van der Waals surface area (Å²) >= 11 is 0. The van der Waals surface area contributed by atoms with Crippen molar-refractivity contribution >= 4 is 16.0 Å². The van der Waals surface area contributed by atoms with Gasteiger partial charge in [0.15, 0.2) is 0 Å². The summed E-state index contributed by atoms with van der Waals surface area (Å²) in [6.07, 6.45) is 1.34. The molecular formula is C5H14N2O4S. The molecule has 0 radical (unpaired) electrons. The second-order valence-corrected chi connectivity index (χ2v) is 3.62. The molecule has 0 rings (SSSR count). The average molecular weight is 198 g/mol. The molecule has 0 fully saturated rings. The first kappa shape index (κ1) is 13.9. The van der Waals surface area contributed by atoms with E-state index in [0.29, 0.717) is 12.7 Å². The minimum absolute atomic E-state index is 0.428. The molecular weight excluding hydrogens is 184 g/mol. The molecule has 0 spiro atoms. The summed E-state index contributed by atoms with van der Waals surface area (Å²) in [4.78, 5) is 10.0. The maximum atomic E-state index is 10.0. The van der Waals surface area contributed by atoms with Gasteiger partial charge in [-0.2, -0.15) is 8.42 Å². The van der Waals surface area contributed by atoms with Gasteiger partial charge in [0.25, 0.3) is 10.1 Å². The molecule has 12 heavy (non-hydrogen) atoms. The van der Waals surface area contributed by atoms with E-state index in [1.165, 1.54) is 0 Å². The van der Waals surface area contributed by atoms with Crippen LogP contribution in [0.3, 0.4) is 0 Å². The number of nitrogens with two attached hydrogens (primary N) is 2. The highest BCUT2D eigenvalue weighted by molar-refractivity contribution is 7.85. The van der Waals surface area contributed by atoms with Gasteiger partial charge in [-0.1, -0.05) is 6.92 Å². The van der Waals surface area contributed by atoms with Crippen LogP contribution in [-0.4, -0.2) is 31.2 Å². The maximum absolute atomic E-state index is 10.0. The van der Waals surface area contributed by atoms with Crippen LogP contribution in [0.25, 0.3) is 0 Å². The van der Waals surface area contributed by atoms with Crippen LogP contribution in [0.1, 0.15) is 13.3 Å². The van der Waals surface area contributed by atoms with Crippen molar-refractivity contribution in [2.75, 3.05) is 6.26 Å². The molecule has 1 unspecified atom stereocenters. The van der Waals surface area contributed by atoms with Crippen LogP contribution in [0.5, 0.6) is 0 Å². The SMILES string of the molecule is CCC(N)C(N)=O.CS(=O)(=O)O. The Morgan fingerprint density at radius 1 is 1.58 bits per heavy atom. The van der Waals surface area contributed by atoms with Crippen LogP contribution in [0.15, 0.2) is 0 Å². The molecule has 5 N–H and O–H groups in total. The summed E-state index contributed by atoms with van der Waals surface area (Å²) in [5, 5.41) is 0. The Balaban J connectivity index is 0. The van der Waals surface area contributed by atoms with Crippen LogP contribution < -0.4 is 11.5 Å². The van der Waals surface area contributed by atoms with E-state index < -0.39 is 22.1 Å². The molecule has 0 bridgehead atoms. The van der Waals surface area contributed by atoms with Crippen molar-refractivity contribution in [2.24, 2.45) is 11.5 Å². The predicted molar refractivity (Wildman–Crippen MR) is 44.9 cm³/mol. The molecule has 0 aromatic heterocycles. The maximum Gasteiger partial charge on any atom is 0.261 e. The summed E-state index contributed by atoms with van der Waals surface area (Å²) in [5.74, 6) is -0.428. The molecule has 1 atom stereocenters. The first-order chi connectivity index (χ1) is 5.18. The zero-order valence-electron chi connectivity index (χ0n) is 7.02. The number of primary amides is 1. The van der Waals surface area contributed by atoms with E-state index in [4.69, 9.17) is 16.0 Å². The quantitative estimate of drug-likeness (QED) is 0.476. The molecule has 7 heteroatoms. The number of hydrogen-bond donors (Lipinski definition) is 3. The Hall–Kier alpha value is -0.660. The Labute approximate surface area is 71.7 Å². The molecule has 6 nitrogen and oxygen atoms in total. The second-order valence-electron chi connectivity index (χ2n) is 2.15. The second kappa shape index (κ2) is 5.92. The number of carbonyl (C=O) groups excluding carboxylic acids is 1. The van der Waals surface area contributed by atoms with Gasteiger partial charge in [0.05, 0.1) is 12.3 Å². The lowest BCUT2D eigenvalue weighted by Gasteiger charge is -1.98. The Bertz CT molecular complexity index is 216. The highest BCUT2D eigenvalue weighted by Gasteiger charge is 2.02. The van der Waals surface area contributed by atoms with Crippen LogP contribution in [-0.2, 0) is 14.9 Å². The van der Waals surface area contributed by atoms with Crippen LogP contribution in [0.4, 0.5) is 0 Å². The summed E-state index contributed by atoms with van der Waals surface area (Å²) in [7, 11) is -3.67. The van der Waals surface area contributed by atoms with Gasteiger partial charge in [-0.15, -0.1) is 0 Å². The highest BCUT2D eigenvalue weighted by atomic mass is 32.2. The van der Waals surface area contributed by atoms with Gasteiger partial charge in [0, 0.05) is 0 Å². The largest absolute Gasteiger partial charge is 0.368 e. The van der Waals surface area contributed by atoms with E-state index in [9.17, 15) is 13.2 Å². The van der Waals surface area contributed by atoms with E-state index in [-0.39, 0.29) is 0 Å². The fraction of sp³-hybridized carbons (Fsp3) is 0.800. The lowest BCUT2D eigenvalue weighted by atomic mass is 10.2. The van der Waals surface area contributed by atoms with Gasteiger partial charge in [0.2, 0.25) is 5.91 Å². The van der Waals surface area contributed by atoms with Crippen molar-refractivity contribution in [1.29, 1.82) is 0 Å². The summed E-state index contributed by atoms with van der Waals surface area (Å²) in [6.45, 7) is 1.81. The topological polar surface area (TPSA) is 123 Å². The van der Waals surface area contributed by atoms with Crippen molar-refractivity contribution in [3.05, 3.63) is 0 Å². The van der Waals surface area contributed by atoms with Gasteiger partial charge >= 0.3 is 0 Å². The number of amides is 1. The first-order valence-corrected chi connectivity index (χ1v) is 5.00. The van der Waals surface area contributed by atoms with Gasteiger partial charge in [-0.25, -0.2) is 0 Å². The first-order valence-electron chi connectivity index (χ1n) is 3.15. The fourth-order valence-electron chi connectivity index (χ4n) is 0.201. The van der Waals surface area contributed by atoms with Gasteiger partial charge < -0.3 is 11.5 Å². The molecule has 0 saturated heterocycles. The van der Waals surface area contributed by atoms with Crippen molar-refractivity contribution in [2.45, 2.75) is 19.4 Å². The standard InChI is InChI=1S/C4H10N2O.CH4O3S/c1-2-3(5)4(6)7;1-5(2,3)4/h3H,2,5H2,1H3,(H2,6,7);1H3,(H,2,3,4). The normalized spacial score (nSPS) is 12.7. The fourth-order valence-corrected chi connectivity index (χ4v) is 0.201. The average Bonchev–Trinajstić information content (AvgIpc) is 1.82. The van der Waals surface area contributed by atoms with Crippen LogP contribution in [0.2, 0.25) is 0 Å². The molecule has 0 aliphatic carbocycles. The van der Waals surface area contributed by atoms with E-state index in [2.05, 4.69) is 0 Å². The van der Waals surface area contributed by atoms with E-state index in [1.807, 2.05) is 6.92 Å². The van der Waals surface area contributed by atoms with Crippen molar-refractivity contribution < 1.29 is 17.8 Å². The molecule has 0 aromatic carbocycles. The predicted octanol–water partition coefficient (Wildman–Crippen LogP) is -1.29. The smallest absolute Gasteiger partial charge is 0.261 e. The molecule has 74 valence electrons. The molecule has 0 heterocycles. The lowest BCUT2D eigenvalue weighted by molar-refractivity contribution is -0.119. The third-order valence-electron chi connectivity index (χ3n) is 0.805. The van der Waals surface area contributed by atoms with Gasteiger partial charge in [-0.05, 0) is 6.42 Å². The summed E-state index contributed by atoms with van der Waals surface area (Å²) in [6, 6.07) is -0.458. The molecule has 0 saturated carbocycles. The molecule has 0 aliphatic heterocycles. The zero-order chi connectivity index (χ0) is 10.4. The van der Waals surface area contributed by atoms with E-state index in [1.54, 1.807) is 0 Å². The van der Waals surface area contributed by atoms with Crippen molar-refractivity contribution in [3.63, 3.8) is 0 Å². The highest BCUT2D eigenvalue weighted by Crippen LogP contribution is 1.80. The Morgan fingerprint density at radius 3 is 1.83 bits per heavy atom. The third-order valence-corrected chi connectivity index (χ3v) is 0.805. The molecule has 0 aliphatic rings. The lowest BCUT2D eigenvalue weighted by Crippen LogP contribution is -2.35. The van der Waals surface area contributed by atoms with Crippen LogP contribution in [0, 0.1) is 0 Å². The van der Waals surface area contributed by atoms with Gasteiger partial charge in [0.1, 0.15) is 0 Å². The minimum atomic E-state index is -3.67. The monoisotopic (exact) mass is 198 g/mol. The zero-order valence-corrected chi connectivity index (χ0v) is 7.84. The Morgan fingerprint density at radius 2 is 1.83 bits per heavy atom. The number of rotatable bonds is 2. The number of hydrogen-bond acceptors (Lipinski definition) is 4. The number of carbonyl (C=O) groups is 1. The van der Waals surface area contributed by atoms with Crippen molar-refractivity contribution in [3.8, 4) is 0 Å². The van der Waals surface area contributed by atoms with Crippen molar-refractivity contribution in [1.82, 2.24) is 0 Å². The summed E-state index contributed by atoms with van der Waals surface area (Å²) < 4.78 is 25.9. The minimum Gasteiger partial charge on any atom is -0.368 e. The molecule has 1 amide bonds. The van der Waals surface area contributed by atoms with E-state index in [0.717, 1.165) is 0 Å². The Kier molecular flexibility index (Phi) is 6.86. The van der Waals surface area contributed by atoms with E-state index >= 15 is 0 Å². The summed E-state index contributed by atoms with van der Waals surface area (Å²) in [5.41, 5.74) is 9.92.